The number of carboxylic acids is 1. The lowest BCUT2D eigenvalue weighted by molar-refractivity contribution is -0.138. The van der Waals surface area contributed by atoms with Gasteiger partial charge in [-0.2, -0.15) is 0 Å². The Bertz CT molecular complexity index is 464. The molecule has 0 aromatic heterocycles. The van der Waals surface area contributed by atoms with Crippen molar-refractivity contribution in [1.82, 2.24) is 4.90 Å². The summed E-state index contributed by atoms with van der Waals surface area (Å²) in [5.41, 5.74) is 0.728. The van der Waals surface area contributed by atoms with Gasteiger partial charge in [-0.1, -0.05) is 25.1 Å². The number of rotatable bonds is 5. The minimum atomic E-state index is -0.740. The summed E-state index contributed by atoms with van der Waals surface area (Å²) in [7, 11) is 0. The first-order chi connectivity index (χ1) is 9.61. The van der Waals surface area contributed by atoms with Crippen LogP contribution < -0.4 is 0 Å². The number of carboxylic acid groups (broad SMARTS) is 1. The Kier molecular flexibility index (Phi) is 5.12. The number of piperidine rings is 1. The van der Waals surface area contributed by atoms with E-state index in [1.807, 2.05) is 12.1 Å². The molecule has 1 heterocycles. The number of likely N-dealkylation sites (tertiary alicyclic amines) is 1. The highest BCUT2D eigenvalue weighted by Gasteiger charge is 2.28. The van der Waals surface area contributed by atoms with Crippen molar-refractivity contribution < 1.29 is 14.3 Å². The van der Waals surface area contributed by atoms with Gasteiger partial charge in [0.05, 0.1) is 0 Å². The van der Waals surface area contributed by atoms with Crippen molar-refractivity contribution in [2.45, 2.75) is 38.6 Å². The van der Waals surface area contributed by atoms with Gasteiger partial charge in [0.25, 0.3) is 0 Å². The molecule has 1 fully saturated rings. The zero-order chi connectivity index (χ0) is 14.5. The minimum absolute atomic E-state index is 0.0489. The van der Waals surface area contributed by atoms with Crippen molar-refractivity contribution in [2.75, 3.05) is 13.1 Å². The van der Waals surface area contributed by atoms with Crippen LogP contribution in [0.1, 0.15) is 44.2 Å². The fraction of sp³-hybridized carbons (Fsp3) is 0.562. The zero-order valence-electron chi connectivity index (χ0n) is 11.9. The van der Waals surface area contributed by atoms with Crippen LogP contribution in [0.15, 0.2) is 24.3 Å². The molecule has 2 unspecified atom stereocenters. The molecule has 1 saturated heterocycles. The van der Waals surface area contributed by atoms with E-state index in [-0.39, 0.29) is 24.2 Å². The van der Waals surface area contributed by atoms with Gasteiger partial charge in [-0.3, -0.25) is 9.69 Å². The lowest BCUT2D eigenvalue weighted by Gasteiger charge is -2.38. The van der Waals surface area contributed by atoms with E-state index < -0.39 is 5.97 Å². The second kappa shape index (κ2) is 6.84. The monoisotopic (exact) mass is 279 g/mol. The smallest absolute Gasteiger partial charge is 0.303 e. The highest BCUT2D eigenvalue weighted by molar-refractivity contribution is 5.67. The second-order valence-electron chi connectivity index (χ2n) is 5.55. The summed E-state index contributed by atoms with van der Waals surface area (Å²) in [6, 6.07) is 6.95. The second-order valence-corrected chi connectivity index (χ2v) is 5.55. The minimum Gasteiger partial charge on any atom is -0.481 e. The molecule has 3 nitrogen and oxygen atoms in total. The molecule has 1 aromatic rings. The lowest BCUT2D eigenvalue weighted by Crippen LogP contribution is -2.39. The van der Waals surface area contributed by atoms with Gasteiger partial charge in [0, 0.05) is 24.6 Å². The molecule has 0 saturated carbocycles. The van der Waals surface area contributed by atoms with E-state index in [2.05, 4.69) is 11.8 Å². The van der Waals surface area contributed by atoms with Gasteiger partial charge in [0.15, 0.2) is 0 Å². The Labute approximate surface area is 119 Å². The topological polar surface area (TPSA) is 40.5 Å². The highest BCUT2D eigenvalue weighted by Crippen LogP contribution is 2.31. The summed E-state index contributed by atoms with van der Waals surface area (Å²) in [5.74, 6) is -0.724. The summed E-state index contributed by atoms with van der Waals surface area (Å²) in [6.07, 6.45) is 2.99. The normalized spacial score (nSPS) is 21.6. The zero-order valence-corrected chi connectivity index (χ0v) is 11.9. The van der Waals surface area contributed by atoms with E-state index in [1.165, 1.54) is 6.07 Å². The maximum Gasteiger partial charge on any atom is 0.303 e. The number of aliphatic carboxylic acids is 1. The molecule has 0 spiro atoms. The molecule has 2 atom stereocenters. The molecule has 2 rings (SSSR count). The maximum absolute atomic E-state index is 14.0. The van der Waals surface area contributed by atoms with Crippen LogP contribution in [0, 0.1) is 11.7 Å². The van der Waals surface area contributed by atoms with Crippen LogP contribution in [-0.2, 0) is 4.79 Å². The Balaban J connectivity index is 2.11. The Morgan fingerprint density at radius 2 is 2.25 bits per heavy atom. The molecule has 20 heavy (non-hydrogen) atoms. The van der Waals surface area contributed by atoms with E-state index in [9.17, 15) is 9.18 Å². The molecular weight excluding hydrogens is 257 g/mol. The van der Waals surface area contributed by atoms with Crippen molar-refractivity contribution in [3.05, 3.63) is 35.6 Å². The van der Waals surface area contributed by atoms with Crippen LogP contribution >= 0.6 is 0 Å². The Morgan fingerprint density at radius 1 is 1.50 bits per heavy atom. The van der Waals surface area contributed by atoms with Crippen molar-refractivity contribution in [3.8, 4) is 0 Å². The van der Waals surface area contributed by atoms with E-state index in [1.54, 1.807) is 6.07 Å². The molecule has 110 valence electrons. The number of benzene rings is 1. The number of hydrogen-bond donors (Lipinski definition) is 1. The molecule has 0 aliphatic carbocycles. The molecule has 0 amide bonds. The molecule has 0 radical (unpaired) electrons. The third-order valence-corrected chi connectivity index (χ3v) is 4.11. The van der Waals surface area contributed by atoms with Crippen LogP contribution in [-0.4, -0.2) is 29.1 Å². The van der Waals surface area contributed by atoms with Gasteiger partial charge >= 0.3 is 5.97 Å². The van der Waals surface area contributed by atoms with Gasteiger partial charge in [0.2, 0.25) is 0 Å². The highest BCUT2D eigenvalue weighted by atomic mass is 19.1. The van der Waals surface area contributed by atoms with E-state index in [4.69, 9.17) is 5.11 Å². The number of nitrogens with zero attached hydrogens (tertiary/aromatic N) is 1. The fourth-order valence-electron chi connectivity index (χ4n) is 3.21. The first kappa shape index (κ1) is 15.0. The van der Waals surface area contributed by atoms with Crippen LogP contribution in [0.3, 0.4) is 0 Å². The number of halogens is 1. The Morgan fingerprint density at radius 3 is 2.90 bits per heavy atom. The van der Waals surface area contributed by atoms with E-state index >= 15 is 0 Å². The van der Waals surface area contributed by atoms with E-state index in [0.717, 1.165) is 37.9 Å². The summed E-state index contributed by atoms with van der Waals surface area (Å²) >= 11 is 0. The SMILES string of the molecule is CCC(c1ccccc1F)N1CCCC(CC(=O)O)C1. The molecular formula is C16H22FNO2. The van der Waals surface area contributed by atoms with Crippen molar-refractivity contribution in [1.29, 1.82) is 0 Å². The summed E-state index contributed by atoms with van der Waals surface area (Å²) in [4.78, 5) is 13.1. The molecule has 0 bridgehead atoms. The number of carbonyl (C=O) groups is 1. The summed E-state index contributed by atoms with van der Waals surface area (Å²) < 4.78 is 14.0. The quantitative estimate of drug-likeness (QED) is 0.897. The average Bonchev–Trinajstić information content (AvgIpc) is 2.41. The molecule has 1 aromatic carbocycles. The van der Waals surface area contributed by atoms with Gasteiger partial charge in [-0.05, 0) is 37.8 Å². The molecule has 1 N–H and O–H groups in total. The van der Waals surface area contributed by atoms with Crippen LogP contribution in [0.25, 0.3) is 0 Å². The predicted octanol–water partition coefficient (Wildman–Crippen LogP) is 3.46. The average molecular weight is 279 g/mol. The first-order valence-electron chi connectivity index (χ1n) is 7.32. The molecule has 1 aliphatic heterocycles. The Hall–Kier alpha value is -1.42. The fourth-order valence-corrected chi connectivity index (χ4v) is 3.21. The largest absolute Gasteiger partial charge is 0.481 e. The number of hydrogen-bond acceptors (Lipinski definition) is 2. The van der Waals surface area contributed by atoms with Crippen molar-refractivity contribution in [3.63, 3.8) is 0 Å². The van der Waals surface area contributed by atoms with Gasteiger partial charge in [-0.25, -0.2) is 4.39 Å². The predicted molar refractivity (Wildman–Crippen MR) is 76.0 cm³/mol. The maximum atomic E-state index is 14.0. The first-order valence-corrected chi connectivity index (χ1v) is 7.32. The summed E-state index contributed by atoms with van der Waals surface area (Å²) in [5, 5.41) is 8.93. The van der Waals surface area contributed by atoms with Gasteiger partial charge in [0.1, 0.15) is 5.82 Å². The third-order valence-electron chi connectivity index (χ3n) is 4.11. The molecule has 1 aliphatic rings. The van der Waals surface area contributed by atoms with Gasteiger partial charge in [-0.15, -0.1) is 0 Å². The lowest BCUT2D eigenvalue weighted by atomic mass is 9.91. The van der Waals surface area contributed by atoms with E-state index in [0.29, 0.717) is 0 Å². The standard InChI is InChI=1S/C16H22FNO2/c1-2-15(13-7-3-4-8-14(13)17)18-9-5-6-12(11-18)10-16(19)20/h3-4,7-8,12,15H,2,5-6,9-11H2,1H3,(H,19,20). The van der Waals surface area contributed by atoms with Crippen molar-refractivity contribution in [2.24, 2.45) is 5.92 Å². The van der Waals surface area contributed by atoms with Gasteiger partial charge < -0.3 is 5.11 Å². The van der Waals surface area contributed by atoms with Crippen LogP contribution in [0.2, 0.25) is 0 Å². The van der Waals surface area contributed by atoms with Crippen LogP contribution in [0.4, 0.5) is 4.39 Å². The third kappa shape index (κ3) is 3.57. The summed E-state index contributed by atoms with van der Waals surface area (Å²) in [6.45, 7) is 3.72. The molecule has 4 heteroatoms. The van der Waals surface area contributed by atoms with Crippen LogP contribution in [0.5, 0.6) is 0 Å². The van der Waals surface area contributed by atoms with Crippen molar-refractivity contribution >= 4 is 5.97 Å².